The fraction of sp³-hybridized carbons (Fsp3) is 0.714. The molecule has 0 saturated heterocycles. The van der Waals surface area contributed by atoms with Crippen molar-refractivity contribution in [2.75, 3.05) is 7.05 Å². The average Bonchev–Trinajstić information content (AvgIpc) is 2.92. The predicted molar refractivity (Wildman–Crippen MR) is 81.9 cm³/mol. The van der Waals surface area contributed by atoms with Gasteiger partial charge in [0.25, 0.3) is 0 Å². The molecule has 0 spiro atoms. The molecule has 0 aliphatic heterocycles. The highest BCUT2D eigenvalue weighted by Gasteiger charge is 2.33. The van der Waals surface area contributed by atoms with Crippen molar-refractivity contribution in [2.45, 2.75) is 51.4 Å². The van der Waals surface area contributed by atoms with E-state index in [1.807, 2.05) is 0 Å². The van der Waals surface area contributed by atoms with Gasteiger partial charge < -0.3 is 10.6 Å². The summed E-state index contributed by atoms with van der Waals surface area (Å²) in [6.45, 7) is 2.47. The van der Waals surface area contributed by atoms with E-state index in [1.54, 1.807) is 7.05 Å². The van der Waals surface area contributed by atoms with Crippen molar-refractivity contribution in [2.24, 2.45) is 10.9 Å². The minimum Gasteiger partial charge on any atom is -0.354 e. The minimum absolute atomic E-state index is 0.239. The molecular weight excluding hydrogens is 313 g/mol. The topological polar surface area (TPSA) is 49.3 Å². The van der Waals surface area contributed by atoms with Crippen LogP contribution in [0.2, 0.25) is 0 Å². The number of hydrogen-bond acceptors (Lipinski definition) is 3. The fourth-order valence-electron chi connectivity index (χ4n) is 2.63. The van der Waals surface area contributed by atoms with Gasteiger partial charge in [0, 0.05) is 18.5 Å². The van der Waals surface area contributed by atoms with Gasteiger partial charge >= 0.3 is 6.18 Å². The van der Waals surface area contributed by atoms with Gasteiger partial charge in [0.05, 0.1) is 6.54 Å². The van der Waals surface area contributed by atoms with Crippen LogP contribution in [0.15, 0.2) is 10.4 Å². The Balaban J connectivity index is 1.85. The second-order valence-corrected chi connectivity index (χ2v) is 6.61. The predicted octanol–water partition coefficient (Wildman–Crippen LogP) is 3.41. The quantitative estimate of drug-likeness (QED) is 0.658. The number of nitrogens with one attached hydrogen (secondary N) is 2. The Kier molecular flexibility index (Phi) is 5.66. The van der Waals surface area contributed by atoms with Crippen molar-refractivity contribution >= 4 is 17.3 Å². The first kappa shape index (κ1) is 17.1. The molecule has 1 fully saturated rings. The Morgan fingerprint density at radius 1 is 1.45 bits per heavy atom. The molecule has 1 aromatic rings. The number of rotatable bonds is 3. The van der Waals surface area contributed by atoms with Crippen LogP contribution in [0.3, 0.4) is 0 Å². The van der Waals surface area contributed by atoms with Crippen molar-refractivity contribution in [3.63, 3.8) is 0 Å². The monoisotopic (exact) mass is 334 g/mol. The summed E-state index contributed by atoms with van der Waals surface area (Å²) in [7, 11) is 1.66. The molecule has 1 heterocycles. The van der Waals surface area contributed by atoms with E-state index < -0.39 is 11.9 Å². The van der Waals surface area contributed by atoms with Gasteiger partial charge in [-0.3, -0.25) is 4.99 Å². The molecule has 2 atom stereocenters. The summed E-state index contributed by atoms with van der Waals surface area (Å²) < 4.78 is 37.5. The zero-order valence-corrected chi connectivity index (χ0v) is 13.5. The summed E-state index contributed by atoms with van der Waals surface area (Å²) in [6.07, 6.45) is 0.254. The maximum absolute atomic E-state index is 12.5. The van der Waals surface area contributed by atoms with Crippen molar-refractivity contribution in [3.05, 3.63) is 16.1 Å². The van der Waals surface area contributed by atoms with Gasteiger partial charge in [0.15, 0.2) is 11.7 Å². The number of alkyl halides is 3. The molecular formula is C14H21F3N4S. The Bertz CT molecular complexity index is 512. The van der Waals surface area contributed by atoms with E-state index in [0.717, 1.165) is 29.6 Å². The summed E-state index contributed by atoms with van der Waals surface area (Å²) in [5.41, 5.74) is -0.835. The van der Waals surface area contributed by atoms with Gasteiger partial charge in [0.1, 0.15) is 5.01 Å². The number of halogens is 3. The fourth-order valence-corrected chi connectivity index (χ4v) is 3.38. The molecule has 1 saturated carbocycles. The van der Waals surface area contributed by atoms with E-state index in [4.69, 9.17) is 0 Å². The smallest absolute Gasteiger partial charge is 0.354 e. The standard InChI is InChI=1S/C14H21F3N4S/c1-9-4-3-5-10(6-9)20-13(18-2)19-7-12-21-11(8-22-12)14(15,16)17/h8-10H,3-7H2,1-2H3,(H2,18,19,20). The highest BCUT2D eigenvalue weighted by molar-refractivity contribution is 7.09. The Labute approximate surface area is 132 Å². The molecule has 4 nitrogen and oxygen atoms in total. The van der Waals surface area contributed by atoms with Crippen LogP contribution in [0.4, 0.5) is 13.2 Å². The van der Waals surface area contributed by atoms with Crippen molar-refractivity contribution in [3.8, 4) is 0 Å². The molecule has 124 valence electrons. The van der Waals surface area contributed by atoms with Gasteiger partial charge in [-0.1, -0.05) is 19.8 Å². The highest BCUT2D eigenvalue weighted by Crippen LogP contribution is 2.30. The number of aliphatic imine (C=N–C) groups is 1. The molecule has 1 aromatic heterocycles. The number of thiazole rings is 1. The third kappa shape index (κ3) is 4.86. The summed E-state index contributed by atoms with van der Waals surface area (Å²) in [6, 6.07) is 0.372. The first-order valence-corrected chi connectivity index (χ1v) is 8.25. The largest absolute Gasteiger partial charge is 0.434 e. The van der Waals surface area contributed by atoms with Crippen LogP contribution in [0, 0.1) is 5.92 Å². The van der Waals surface area contributed by atoms with Gasteiger partial charge in [-0.2, -0.15) is 13.2 Å². The molecule has 1 aliphatic carbocycles. The molecule has 1 aliphatic rings. The van der Waals surface area contributed by atoms with Gasteiger partial charge in [-0.25, -0.2) is 4.98 Å². The Hall–Kier alpha value is -1.31. The first-order chi connectivity index (χ1) is 10.4. The minimum atomic E-state index is -4.38. The number of hydrogen-bond donors (Lipinski definition) is 2. The van der Waals surface area contributed by atoms with Gasteiger partial charge in [-0.05, 0) is 18.8 Å². The van der Waals surface area contributed by atoms with E-state index >= 15 is 0 Å². The second-order valence-electron chi connectivity index (χ2n) is 5.66. The SMILES string of the molecule is CN=C(NCc1nc(C(F)(F)F)cs1)NC1CCCC(C)C1. The van der Waals surface area contributed by atoms with E-state index in [-0.39, 0.29) is 6.54 Å². The molecule has 22 heavy (non-hydrogen) atoms. The molecule has 2 rings (SSSR count). The van der Waals surface area contributed by atoms with E-state index in [0.29, 0.717) is 22.9 Å². The van der Waals surface area contributed by atoms with Crippen LogP contribution in [0.5, 0.6) is 0 Å². The van der Waals surface area contributed by atoms with Crippen LogP contribution >= 0.6 is 11.3 Å². The number of guanidine groups is 1. The van der Waals surface area contributed by atoms with Crippen LogP contribution in [0.1, 0.15) is 43.3 Å². The molecule has 8 heteroatoms. The van der Waals surface area contributed by atoms with Crippen LogP contribution in [-0.2, 0) is 12.7 Å². The lowest BCUT2D eigenvalue weighted by Gasteiger charge is -2.28. The van der Waals surface area contributed by atoms with Crippen LogP contribution in [-0.4, -0.2) is 24.0 Å². The third-order valence-electron chi connectivity index (χ3n) is 3.75. The van der Waals surface area contributed by atoms with Crippen molar-refractivity contribution < 1.29 is 13.2 Å². The van der Waals surface area contributed by atoms with Crippen LogP contribution < -0.4 is 10.6 Å². The lowest BCUT2D eigenvalue weighted by Crippen LogP contribution is -2.44. The van der Waals surface area contributed by atoms with E-state index in [2.05, 4.69) is 27.5 Å². The lowest BCUT2D eigenvalue weighted by molar-refractivity contribution is -0.140. The summed E-state index contributed by atoms with van der Waals surface area (Å²) >= 11 is 0.999. The molecule has 0 bridgehead atoms. The number of nitrogens with zero attached hydrogens (tertiary/aromatic N) is 2. The zero-order valence-electron chi connectivity index (χ0n) is 12.7. The maximum Gasteiger partial charge on any atom is 0.434 e. The Morgan fingerprint density at radius 3 is 2.82 bits per heavy atom. The zero-order chi connectivity index (χ0) is 16.2. The molecule has 0 radical (unpaired) electrons. The summed E-state index contributed by atoms with van der Waals surface area (Å²) in [5.74, 6) is 1.31. The van der Waals surface area contributed by atoms with E-state index in [9.17, 15) is 13.2 Å². The molecule has 2 unspecified atom stereocenters. The summed E-state index contributed by atoms with van der Waals surface area (Å²) in [4.78, 5) is 7.72. The van der Waals surface area contributed by atoms with Crippen molar-refractivity contribution in [1.29, 1.82) is 0 Å². The lowest BCUT2D eigenvalue weighted by atomic mass is 9.87. The normalized spacial score (nSPS) is 23.4. The highest BCUT2D eigenvalue weighted by atomic mass is 32.1. The first-order valence-electron chi connectivity index (χ1n) is 7.37. The summed E-state index contributed by atoms with van der Waals surface area (Å²) in [5, 5.41) is 7.80. The maximum atomic E-state index is 12.5. The van der Waals surface area contributed by atoms with Gasteiger partial charge in [-0.15, -0.1) is 11.3 Å². The van der Waals surface area contributed by atoms with Crippen LogP contribution in [0.25, 0.3) is 0 Å². The molecule has 2 N–H and O–H groups in total. The Morgan fingerprint density at radius 2 is 2.23 bits per heavy atom. The average molecular weight is 334 g/mol. The second kappa shape index (κ2) is 7.30. The molecule has 0 aromatic carbocycles. The number of aromatic nitrogens is 1. The van der Waals surface area contributed by atoms with E-state index in [1.165, 1.54) is 12.8 Å². The third-order valence-corrected chi connectivity index (χ3v) is 4.60. The van der Waals surface area contributed by atoms with Crippen molar-refractivity contribution in [1.82, 2.24) is 15.6 Å². The molecule has 0 amide bonds. The van der Waals surface area contributed by atoms with Gasteiger partial charge in [0.2, 0.25) is 0 Å².